The molecule has 0 heterocycles. The molecule has 0 fully saturated rings. The van der Waals surface area contributed by atoms with Crippen LogP contribution in [-0.4, -0.2) is 29.8 Å². The summed E-state index contributed by atoms with van der Waals surface area (Å²) in [6.07, 6.45) is 0.369. The topological polar surface area (TPSA) is 18.5 Å². The van der Waals surface area contributed by atoms with Gasteiger partial charge >= 0.3 is 0 Å². The minimum atomic E-state index is -1.49. The van der Waals surface area contributed by atoms with Gasteiger partial charge in [0, 0.05) is 13.2 Å². The van der Waals surface area contributed by atoms with Crippen LogP contribution in [0.5, 0.6) is 0 Å². The van der Waals surface area contributed by atoms with Crippen molar-refractivity contribution in [2.24, 2.45) is 0 Å². The van der Waals surface area contributed by atoms with Crippen LogP contribution in [0.2, 0.25) is 36.8 Å². The van der Waals surface area contributed by atoms with Gasteiger partial charge in [-0.2, -0.15) is 0 Å². The molecule has 0 radical (unpaired) electrons. The Bertz CT molecular complexity index is 197. The zero-order valence-electron chi connectivity index (χ0n) is 12.9. The summed E-state index contributed by atoms with van der Waals surface area (Å²) in [5.74, 6) is 0. The van der Waals surface area contributed by atoms with E-state index in [1.54, 1.807) is 0 Å². The molecular formula is C13H32O2Si2. The summed E-state index contributed by atoms with van der Waals surface area (Å²) in [5.41, 5.74) is 0. The van der Waals surface area contributed by atoms with Crippen LogP contribution in [0.25, 0.3) is 0 Å². The Kier molecular flexibility index (Phi) is 7.88. The second-order valence-corrected chi connectivity index (χ2v) is 14.6. The highest BCUT2D eigenvalue weighted by atomic mass is 28.4. The Hall–Kier alpha value is 0.354. The van der Waals surface area contributed by atoms with E-state index < -0.39 is 16.6 Å². The van der Waals surface area contributed by atoms with Crippen molar-refractivity contribution in [2.75, 3.05) is 7.11 Å². The third-order valence-corrected chi connectivity index (χ3v) is 13.0. The normalized spacial score (nSPS) is 16.2. The Balaban J connectivity index is 4.48. The molecule has 0 saturated carbocycles. The molecule has 17 heavy (non-hydrogen) atoms. The summed E-state index contributed by atoms with van der Waals surface area (Å²) in [6, 6.07) is 6.22. The Morgan fingerprint density at radius 3 is 1.76 bits per heavy atom. The number of rotatable bonds is 9. The van der Waals surface area contributed by atoms with Crippen LogP contribution < -0.4 is 0 Å². The Labute approximate surface area is 110 Å². The van der Waals surface area contributed by atoms with Crippen LogP contribution in [0, 0.1) is 0 Å². The Morgan fingerprint density at radius 2 is 1.47 bits per heavy atom. The first kappa shape index (κ1) is 17.4. The van der Waals surface area contributed by atoms with Crippen molar-refractivity contribution in [1.82, 2.24) is 0 Å². The van der Waals surface area contributed by atoms with Crippen LogP contribution in [0.4, 0.5) is 0 Å². The summed E-state index contributed by atoms with van der Waals surface area (Å²) in [4.78, 5) is 0. The molecule has 2 nitrogen and oxygen atoms in total. The van der Waals surface area contributed by atoms with Crippen LogP contribution in [0.3, 0.4) is 0 Å². The molecule has 0 rings (SSSR count). The third kappa shape index (κ3) is 5.68. The van der Waals surface area contributed by atoms with Crippen molar-refractivity contribution in [1.29, 1.82) is 0 Å². The fraction of sp³-hybridized carbons (Fsp3) is 1.00. The van der Waals surface area contributed by atoms with E-state index in [-0.39, 0.29) is 0 Å². The lowest BCUT2D eigenvalue weighted by atomic mass is 10.5. The SMILES string of the molecule is CC[Si](C)(CC[Si](CC)(CC)OC)OC(C)C. The van der Waals surface area contributed by atoms with Crippen LogP contribution in [-0.2, 0) is 8.85 Å². The molecule has 0 saturated heterocycles. The van der Waals surface area contributed by atoms with Gasteiger partial charge < -0.3 is 8.85 Å². The Morgan fingerprint density at radius 1 is 0.941 bits per heavy atom. The molecule has 0 aromatic rings. The van der Waals surface area contributed by atoms with Gasteiger partial charge in [-0.3, -0.25) is 0 Å². The van der Waals surface area contributed by atoms with Gasteiger partial charge in [0.25, 0.3) is 0 Å². The molecule has 0 aromatic carbocycles. The maximum absolute atomic E-state index is 6.22. The molecular weight excluding hydrogens is 244 g/mol. The van der Waals surface area contributed by atoms with Crippen LogP contribution >= 0.6 is 0 Å². The highest BCUT2D eigenvalue weighted by Gasteiger charge is 2.35. The first-order valence-corrected chi connectivity index (χ1v) is 12.4. The summed E-state index contributed by atoms with van der Waals surface area (Å²) < 4.78 is 12.1. The zero-order chi connectivity index (χ0) is 13.5. The molecule has 0 bridgehead atoms. The zero-order valence-corrected chi connectivity index (χ0v) is 14.9. The maximum atomic E-state index is 6.22. The van der Waals surface area contributed by atoms with Crippen molar-refractivity contribution in [3.05, 3.63) is 0 Å². The van der Waals surface area contributed by atoms with Crippen molar-refractivity contribution in [3.8, 4) is 0 Å². The molecule has 0 N–H and O–H groups in total. The average molecular weight is 277 g/mol. The van der Waals surface area contributed by atoms with Crippen LogP contribution in [0.15, 0.2) is 0 Å². The van der Waals surface area contributed by atoms with E-state index in [4.69, 9.17) is 8.85 Å². The van der Waals surface area contributed by atoms with Gasteiger partial charge in [-0.1, -0.05) is 20.8 Å². The monoisotopic (exact) mass is 276 g/mol. The van der Waals surface area contributed by atoms with Crippen molar-refractivity contribution >= 4 is 16.6 Å². The first-order valence-electron chi connectivity index (χ1n) is 7.10. The second-order valence-electron chi connectivity index (χ2n) is 5.56. The predicted molar refractivity (Wildman–Crippen MR) is 81.7 cm³/mol. The summed E-state index contributed by atoms with van der Waals surface area (Å²) in [7, 11) is -1.02. The van der Waals surface area contributed by atoms with Crippen LogP contribution in [0.1, 0.15) is 34.6 Å². The minimum absolute atomic E-state index is 0.369. The van der Waals surface area contributed by atoms with Gasteiger partial charge in [-0.05, 0) is 50.6 Å². The molecule has 104 valence electrons. The van der Waals surface area contributed by atoms with Crippen molar-refractivity contribution in [3.63, 3.8) is 0 Å². The lowest BCUT2D eigenvalue weighted by molar-refractivity contribution is 0.228. The highest BCUT2D eigenvalue weighted by Crippen LogP contribution is 2.29. The van der Waals surface area contributed by atoms with Gasteiger partial charge in [-0.25, -0.2) is 0 Å². The molecule has 0 aliphatic heterocycles. The average Bonchev–Trinajstić information content (AvgIpc) is 2.31. The third-order valence-electron chi connectivity index (χ3n) is 4.10. The summed E-state index contributed by atoms with van der Waals surface area (Å²) >= 11 is 0. The van der Waals surface area contributed by atoms with E-state index in [9.17, 15) is 0 Å². The lowest BCUT2D eigenvalue weighted by Gasteiger charge is -2.33. The number of hydrogen-bond donors (Lipinski definition) is 0. The van der Waals surface area contributed by atoms with Gasteiger partial charge in [0.2, 0.25) is 0 Å². The standard InChI is InChI=1S/C13H32O2Si2/c1-8-16(7,15-13(4)5)11-12-17(9-2,10-3)14-6/h13H,8-12H2,1-7H3. The molecule has 4 heteroatoms. The van der Waals surface area contributed by atoms with Gasteiger partial charge in [0.05, 0.1) is 0 Å². The fourth-order valence-electron chi connectivity index (χ4n) is 2.37. The maximum Gasteiger partial charge on any atom is 0.191 e. The smallest absolute Gasteiger partial charge is 0.191 e. The van der Waals surface area contributed by atoms with Gasteiger partial charge in [0.15, 0.2) is 16.6 Å². The lowest BCUT2D eigenvalue weighted by Crippen LogP contribution is -2.42. The molecule has 1 unspecified atom stereocenters. The molecule has 0 aliphatic carbocycles. The summed E-state index contributed by atoms with van der Waals surface area (Å²) in [6.45, 7) is 13.5. The summed E-state index contributed by atoms with van der Waals surface area (Å²) in [5, 5.41) is 0. The highest BCUT2D eigenvalue weighted by molar-refractivity contribution is 6.78. The minimum Gasteiger partial charge on any atom is -0.420 e. The number of hydrogen-bond acceptors (Lipinski definition) is 2. The fourth-order valence-corrected chi connectivity index (χ4v) is 10.1. The molecule has 0 aromatic heterocycles. The second kappa shape index (κ2) is 7.72. The largest absolute Gasteiger partial charge is 0.420 e. The predicted octanol–water partition coefficient (Wildman–Crippen LogP) is 4.64. The van der Waals surface area contributed by atoms with Crippen molar-refractivity contribution < 1.29 is 8.85 Å². The van der Waals surface area contributed by atoms with Gasteiger partial charge in [0.1, 0.15) is 0 Å². The van der Waals surface area contributed by atoms with E-state index in [0.29, 0.717) is 6.10 Å². The van der Waals surface area contributed by atoms with Gasteiger partial charge in [-0.15, -0.1) is 0 Å². The van der Waals surface area contributed by atoms with Crippen molar-refractivity contribution in [2.45, 2.75) is 77.5 Å². The van der Waals surface area contributed by atoms with E-state index in [0.717, 1.165) is 0 Å². The molecule has 0 aliphatic rings. The first-order chi connectivity index (χ1) is 7.87. The van der Waals surface area contributed by atoms with E-state index in [2.05, 4.69) is 41.2 Å². The molecule has 1 atom stereocenters. The quantitative estimate of drug-likeness (QED) is 0.571. The molecule has 0 amide bonds. The van der Waals surface area contributed by atoms with E-state index in [1.165, 1.54) is 30.2 Å². The molecule has 0 spiro atoms. The van der Waals surface area contributed by atoms with E-state index >= 15 is 0 Å². The van der Waals surface area contributed by atoms with E-state index in [1.807, 2.05) is 7.11 Å².